The van der Waals surface area contributed by atoms with Gasteiger partial charge in [0, 0.05) is 28.7 Å². The van der Waals surface area contributed by atoms with Gasteiger partial charge in [0.05, 0.1) is 11.7 Å². The highest BCUT2D eigenvalue weighted by atomic mass is 35.5. The Kier molecular flexibility index (Phi) is 4.32. The van der Waals surface area contributed by atoms with E-state index in [1.807, 2.05) is 0 Å². The molecule has 0 fully saturated rings. The highest BCUT2D eigenvalue weighted by Gasteiger charge is 2.14. The van der Waals surface area contributed by atoms with Crippen molar-refractivity contribution in [2.75, 3.05) is 6.54 Å². The van der Waals surface area contributed by atoms with Gasteiger partial charge < -0.3 is 15.4 Å². The molecule has 23 heavy (non-hydrogen) atoms. The number of aromatic nitrogens is 1. The Morgan fingerprint density at radius 3 is 2.74 bits per heavy atom. The predicted molar refractivity (Wildman–Crippen MR) is 87.0 cm³/mol. The molecule has 6 heteroatoms. The molecule has 1 atom stereocenters. The van der Waals surface area contributed by atoms with Gasteiger partial charge >= 0.3 is 0 Å². The van der Waals surface area contributed by atoms with E-state index in [9.17, 15) is 14.3 Å². The molecule has 1 unspecified atom stereocenters. The van der Waals surface area contributed by atoms with Crippen molar-refractivity contribution in [2.24, 2.45) is 0 Å². The standard InChI is InChI=1S/C17H14ClFN2O2/c18-11-3-1-10(2-4-11)16(22)9-21-17(23)14-8-20-15-7-12(19)5-6-13(14)15/h1-8,16,20,22H,9H2,(H,21,23). The van der Waals surface area contributed by atoms with Gasteiger partial charge in [0.15, 0.2) is 0 Å². The number of carbonyl (C=O) groups excluding carboxylic acids is 1. The molecule has 118 valence electrons. The van der Waals surface area contributed by atoms with Gasteiger partial charge in [0.2, 0.25) is 0 Å². The van der Waals surface area contributed by atoms with Crippen molar-refractivity contribution >= 4 is 28.4 Å². The molecule has 0 saturated carbocycles. The fourth-order valence-electron chi connectivity index (χ4n) is 2.37. The van der Waals surface area contributed by atoms with E-state index in [0.717, 1.165) is 0 Å². The Bertz CT molecular complexity index is 845. The smallest absolute Gasteiger partial charge is 0.253 e. The number of aliphatic hydroxyl groups excluding tert-OH is 1. The number of hydrogen-bond donors (Lipinski definition) is 3. The average molecular weight is 333 g/mol. The molecule has 3 rings (SSSR count). The SMILES string of the molecule is O=C(NCC(O)c1ccc(Cl)cc1)c1c[nH]c2cc(F)ccc12. The first-order valence-electron chi connectivity index (χ1n) is 7.03. The van der Waals surface area contributed by atoms with Crippen LogP contribution in [0.3, 0.4) is 0 Å². The van der Waals surface area contributed by atoms with Crippen LogP contribution < -0.4 is 5.32 Å². The minimum absolute atomic E-state index is 0.0638. The van der Waals surface area contributed by atoms with Crippen LogP contribution in [0.4, 0.5) is 4.39 Å². The Hall–Kier alpha value is -2.37. The quantitative estimate of drug-likeness (QED) is 0.685. The maximum Gasteiger partial charge on any atom is 0.253 e. The number of H-pyrrole nitrogens is 1. The van der Waals surface area contributed by atoms with Crippen LogP contribution in [-0.4, -0.2) is 22.5 Å². The van der Waals surface area contributed by atoms with Gasteiger partial charge in [0.25, 0.3) is 5.91 Å². The number of amides is 1. The molecule has 3 aromatic rings. The molecule has 1 heterocycles. The fourth-order valence-corrected chi connectivity index (χ4v) is 2.50. The molecule has 0 spiro atoms. The van der Waals surface area contributed by atoms with Gasteiger partial charge in [-0.2, -0.15) is 0 Å². The summed E-state index contributed by atoms with van der Waals surface area (Å²) in [7, 11) is 0. The number of aromatic amines is 1. The first kappa shape index (κ1) is 15.5. The van der Waals surface area contributed by atoms with Gasteiger partial charge in [-0.15, -0.1) is 0 Å². The maximum atomic E-state index is 13.2. The van der Waals surface area contributed by atoms with Gasteiger partial charge in [-0.25, -0.2) is 4.39 Å². The van der Waals surface area contributed by atoms with E-state index in [2.05, 4.69) is 10.3 Å². The molecule has 0 aliphatic carbocycles. The van der Waals surface area contributed by atoms with Crippen LogP contribution in [0.25, 0.3) is 10.9 Å². The van der Waals surface area contributed by atoms with Gasteiger partial charge in [-0.05, 0) is 35.9 Å². The Morgan fingerprint density at radius 1 is 1.26 bits per heavy atom. The van der Waals surface area contributed by atoms with Crippen LogP contribution in [0.5, 0.6) is 0 Å². The second-order valence-corrected chi connectivity index (χ2v) is 5.61. The highest BCUT2D eigenvalue weighted by Crippen LogP contribution is 2.20. The molecule has 0 saturated heterocycles. The summed E-state index contributed by atoms with van der Waals surface area (Å²) in [6.45, 7) is 0.0638. The number of aliphatic hydroxyl groups is 1. The summed E-state index contributed by atoms with van der Waals surface area (Å²) in [5.74, 6) is -0.708. The largest absolute Gasteiger partial charge is 0.387 e. The van der Waals surface area contributed by atoms with Crippen LogP contribution in [0.1, 0.15) is 22.0 Å². The second kappa shape index (κ2) is 6.40. The average Bonchev–Trinajstić information content (AvgIpc) is 2.96. The number of fused-ring (bicyclic) bond motifs is 1. The fraction of sp³-hybridized carbons (Fsp3) is 0.118. The maximum absolute atomic E-state index is 13.2. The molecule has 0 bridgehead atoms. The summed E-state index contributed by atoms with van der Waals surface area (Å²) < 4.78 is 13.2. The minimum Gasteiger partial charge on any atom is -0.387 e. The van der Waals surface area contributed by atoms with Crippen LogP contribution >= 0.6 is 11.6 Å². The second-order valence-electron chi connectivity index (χ2n) is 5.17. The van der Waals surface area contributed by atoms with E-state index < -0.39 is 6.10 Å². The topological polar surface area (TPSA) is 65.1 Å². The summed E-state index contributed by atoms with van der Waals surface area (Å²) in [5.41, 5.74) is 1.62. The molecule has 4 nitrogen and oxygen atoms in total. The van der Waals surface area contributed by atoms with E-state index in [1.165, 1.54) is 18.3 Å². The van der Waals surface area contributed by atoms with Crippen molar-refractivity contribution in [2.45, 2.75) is 6.10 Å². The van der Waals surface area contributed by atoms with Crippen molar-refractivity contribution in [3.05, 3.63) is 70.6 Å². The third-order valence-electron chi connectivity index (χ3n) is 3.60. The molecule has 1 aromatic heterocycles. The van der Waals surface area contributed by atoms with Gasteiger partial charge in [-0.1, -0.05) is 23.7 Å². The van der Waals surface area contributed by atoms with Crippen molar-refractivity contribution < 1.29 is 14.3 Å². The van der Waals surface area contributed by atoms with Crippen LogP contribution in [0.15, 0.2) is 48.7 Å². The molecular formula is C17H14ClFN2O2. The lowest BCUT2D eigenvalue weighted by molar-refractivity contribution is 0.0918. The van der Waals surface area contributed by atoms with E-state index >= 15 is 0 Å². The monoisotopic (exact) mass is 332 g/mol. The highest BCUT2D eigenvalue weighted by molar-refractivity contribution is 6.30. The van der Waals surface area contributed by atoms with E-state index in [0.29, 0.717) is 27.1 Å². The summed E-state index contributed by atoms with van der Waals surface area (Å²) >= 11 is 5.80. The van der Waals surface area contributed by atoms with E-state index in [-0.39, 0.29) is 18.3 Å². The molecular weight excluding hydrogens is 319 g/mol. The number of halogens is 2. The molecule has 1 amide bonds. The normalized spacial score (nSPS) is 12.3. The Morgan fingerprint density at radius 2 is 2.00 bits per heavy atom. The first-order valence-corrected chi connectivity index (χ1v) is 7.41. The number of nitrogens with one attached hydrogen (secondary N) is 2. The summed E-state index contributed by atoms with van der Waals surface area (Å²) in [4.78, 5) is 15.1. The lowest BCUT2D eigenvalue weighted by Crippen LogP contribution is -2.28. The summed E-state index contributed by atoms with van der Waals surface area (Å²) in [6, 6.07) is 10.9. The molecule has 0 radical (unpaired) electrons. The van der Waals surface area contributed by atoms with Crippen molar-refractivity contribution in [1.82, 2.24) is 10.3 Å². The van der Waals surface area contributed by atoms with Crippen LogP contribution in [-0.2, 0) is 0 Å². The van der Waals surface area contributed by atoms with E-state index in [4.69, 9.17) is 11.6 Å². The lowest BCUT2D eigenvalue weighted by atomic mass is 10.1. The molecule has 3 N–H and O–H groups in total. The first-order chi connectivity index (χ1) is 11.0. The third-order valence-corrected chi connectivity index (χ3v) is 3.85. The van der Waals surface area contributed by atoms with Crippen LogP contribution in [0, 0.1) is 5.82 Å². The van der Waals surface area contributed by atoms with Crippen LogP contribution in [0.2, 0.25) is 5.02 Å². The predicted octanol–water partition coefficient (Wildman–Crippen LogP) is 3.42. The molecule has 0 aliphatic rings. The molecule has 2 aromatic carbocycles. The zero-order valence-electron chi connectivity index (χ0n) is 12.0. The summed E-state index contributed by atoms with van der Waals surface area (Å²) in [6.07, 6.45) is 0.688. The summed E-state index contributed by atoms with van der Waals surface area (Å²) in [5, 5.41) is 14.0. The van der Waals surface area contributed by atoms with Gasteiger partial charge in [-0.3, -0.25) is 4.79 Å². The number of rotatable bonds is 4. The van der Waals surface area contributed by atoms with Crippen molar-refractivity contribution in [3.8, 4) is 0 Å². The third kappa shape index (κ3) is 3.36. The Labute approximate surface area is 136 Å². The Balaban J connectivity index is 1.70. The van der Waals surface area contributed by atoms with Crippen molar-refractivity contribution in [1.29, 1.82) is 0 Å². The zero-order valence-corrected chi connectivity index (χ0v) is 12.8. The lowest BCUT2D eigenvalue weighted by Gasteiger charge is -2.12. The van der Waals surface area contributed by atoms with E-state index in [1.54, 1.807) is 30.3 Å². The van der Waals surface area contributed by atoms with Gasteiger partial charge in [0.1, 0.15) is 5.82 Å². The number of hydrogen-bond acceptors (Lipinski definition) is 2. The number of carbonyl (C=O) groups is 1. The minimum atomic E-state index is -0.834. The zero-order chi connectivity index (χ0) is 16.4. The molecule has 0 aliphatic heterocycles. The van der Waals surface area contributed by atoms with Crippen molar-refractivity contribution in [3.63, 3.8) is 0 Å². The number of benzene rings is 2.